The number of nitrogens with one attached hydrogen (secondary N) is 1. The molecule has 2 aromatic carbocycles. The predicted molar refractivity (Wildman–Crippen MR) is 141 cm³/mol. The molecule has 0 radical (unpaired) electrons. The van der Waals surface area contributed by atoms with Gasteiger partial charge in [0.05, 0.1) is 24.7 Å². The van der Waals surface area contributed by atoms with Crippen molar-refractivity contribution in [3.05, 3.63) is 57.9 Å². The van der Waals surface area contributed by atoms with Crippen LogP contribution in [0.1, 0.15) is 50.6 Å². The minimum atomic E-state index is -0.389. The summed E-state index contributed by atoms with van der Waals surface area (Å²) in [5.74, 6) is 2.48. The summed E-state index contributed by atoms with van der Waals surface area (Å²) in [5, 5.41) is 8.38. The van der Waals surface area contributed by atoms with E-state index < -0.39 is 0 Å². The van der Waals surface area contributed by atoms with Gasteiger partial charge in [-0.3, -0.25) is 9.69 Å². The lowest BCUT2D eigenvalue weighted by Crippen LogP contribution is -2.45. The van der Waals surface area contributed by atoms with E-state index >= 15 is 0 Å². The number of fused-ring (bicyclic) bond motifs is 1. The molecule has 0 aliphatic carbocycles. The molecular weight excluding hydrogens is 515 g/mol. The molecule has 1 atom stereocenters. The molecule has 10 heteroatoms. The van der Waals surface area contributed by atoms with Crippen LogP contribution < -0.4 is 14.8 Å². The quantitative estimate of drug-likeness (QED) is 0.426. The number of ether oxygens (including phenoxy) is 2. The van der Waals surface area contributed by atoms with E-state index in [0.29, 0.717) is 40.3 Å². The van der Waals surface area contributed by atoms with Crippen LogP contribution in [0.2, 0.25) is 10.0 Å². The average molecular weight is 545 g/mol. The molecule has 37 heavy (non-hydrogen) atoms. The molecule has 1 amide bonds. The molecular formula is C27H30Cl2N4O4. The van der Waals surface area contributed by atoms with Gasteiger partial charge in [0.25, 0.3) is 0 Å². The Morgan fingerprint density at radius 2 is 1.97 bits per heavy atom. The number of benzene rings is 2. The highest BCUT2D eigenvalue weighted by Gasteiger charge is 2.36. The van der Waals surface area contributed by atoms with E-state index in [1.807, 2.05) is 32.0 Å². The first-order chi connectivity index (χ1) is 17.7. The van der Waals surface area contributed by atoms with E-state index in [1.54, 1.807) is 25.3 Å². The highest BCUT2D eigenvalue weighted by molar-refractivity contribution is 6.36. The van der Waals surface area contributed by atoms with Crippen LogP contribution in [0.5, 0.6) is 11.5 Å². The van der Waals surface area contributed by atoms with E-state index in [2.05, 4.69) is 20.4 Å². The summed E-state index contributed by atoms with van der Waals surface area (Å²) in [4.78, 5) is 20.0. The zero-order valence-corrected chi connectivity index (χ0v) is 22.6. The van der Waals surface area contributed by atoms with Gasteiger partial charge in [-0.2, -0.15) is 4.98 Å². The van der Waals surface area contributed by atoms with E-state index in [-0.39, 0.29) is 23.5 Å². The van der Waals surface area contributed by atoms with Crippen molar-refractivity contribution in [2.24, 2.45) is 5.92 Å². The number of hydrogen-bond acceptors (Lipinski definition) is 7. The summed E-state index contributed by atoms with van der Waals surface area (Å²) in [6.45, 7) is 6.14. The SMILES string of the molecule is COc1ccc2c(c1)OC(C)(C)CC2NC(=O)C1CCN(Cc2nc(-c3ccc(Cl)cc3Cl)no2)CC1. The molecule has 1 aromatic heterocycles. The van der Waals surface area contributed by atoms with Gasteiger partial charge in [-0.05, 0) is 70.1 Å². The van der Waals surface area contributed by atoms with Crippen LogP contribution in [0.15, 0.2) is 40.9 Å². The number of carbonyl (C=O) groups excluding carboxylic acids is 1. The van der Waals surface area contributed by atoms with E-state index in [4.69, 9.17) is 37.2 Å². The van der Waals surface area contributed by atoms with Crippen molar-refractivity contribution < 1.29 is 18.8 Å². The van der Waals surface area contributed by atoms with E-state index in [1.165, 1.54) is 0 Å². The van der Waals surface area contributed by atoms with Crippen LogP contribution in [0, 0.1) is 5.92 Å². The first-order valence-electron chi connectivity index (χ1n) is 12.4. The minimum Gasteiger partial charge on any atom is -0.497 e. The Balaban J connectivity index is 1.17. The molecule has 0 bridgehead atoms. The number of nitrogens with zero attached hydrogens (tertiary/aromatic N) is 3. The lowest BCUT2D eigenvalue weighted by molar-refractivity contribution is -0.127. The Labute approximate surface area is 226 Å². The molecule has 2 aliphatic rings. The van der Waals surface area contributed by atoms with Crippen LogP contribution in [-0.4, -0.2) is 46.7 Å². The molecule has 3 heterocycles. The van der Waals surface area contributed by atoms with Crippen LogP contribution in [-0.2, 0) is 11.3 Å². The fourth-order valence-electron chi connectivity index (χ4n) is 5.02. The fraction of sp³-hybridized carbons (Fsp3) is 0.444. The largest absolute Gasteiger partial charge is 0.497 e. The topological polar surface area (TPSA) is 89.7 Å². The fourth-order valence-corrected chi connectivity index (χ4v) is 5.51. The summed E-state index contributed by atoms with van der Waals surface area (Å²) < 4.78 is 17.0. The Bertz CT molecular complexity index is 1290. The maximum Gasteiger partial charge on any atom is 0.241 e. The third kappa shape index (κ3) is 5.87. The van der Waals surface area contributed by atoms with Crippen molar-refractivity contribution in [1.29, 1.82) is 0 Å². The highest BCUT2D eigenvalue weighted by atomic mass is 35.5. The maximum absolute atomic E-state index is 13.2. The lowest BCUT2D eigenvalue weighted by Gasteiger charge is -2.39. The van der Waals surface area contributed by atoms with Gasteiger partial charge in [0.15, 0.2) is 0 Å². The normalized spacial score (nSPS) is 19.6. The molecule has 1 saturated heterocycles. The van der Waals surface area contributed by atoms with Crippen molar-refractivity contribution in [1.82, 2.24) is 20.4 Å². The van der Waals surface area contributed by atoms with Crippen molar-refractivity contribution in [3.63, 3.8) is 0 Å². The van der Waals surface area contributed by atoms with Crippen molar-refractivity contribution in [2.75, 3.05) is 20.2 Å². The molecule has 0 saturated carbocycles. The van der Waals surface area contributed by atoms with Gasteiger partial charge >= 0.3 is 0 Å². The summed E-state index contributed by atoms with van der Waals surface area (Å²) in [6.07, 6.45) is 2.23. The van der Waals surface area contributed by atoms with Crippen LogP contribution in [0.4, 0.5) is 0 Å². The first-order valence-corrected chi connectivity index (χ1v) is 13.1. The molecule has 1 fully saturated rings. The standard InChI is InChI=1S/C27H30Cl2N4O4/c1-27(2)14-22(20-7-5-18(35-3)13-23(20)36-27)30-26(34)16-8-10-33(11-9-16)15-24-31-25(32-37-24)19-6-4-17(28)12-21(19)29/h4-7,12-13,16,22H,8-11,14-15H2,1-3H3,(H,30,34). The van der Waals surface area contributed by atoms with Gasteiger partial charge in [-0.25, -0.2) is 0 Å². The third-order valence-corrected chi connectivity index (χ3v) is 7.50. The smallest absolute Gasteiger partial charge is 0.241 e. The Hall–Kier alpha value is -2.81. The van der Waals surface area contributed by atoms with Crippen molar-refractivity contribution in [3.8, 4) is 22.9 Å². The van der Waals surface area contributed by atoms with E-state index in [0.717, 1.165) is 43.0 Å². The molecule has 1 unspecified atom stereocenters. The van der Waals surface area contributed by atoms with Gasteiger partial charge in [-0.15, -0.1) is 0 Å². The van der Waals surface area contributed by atoms with E-state index in [9.17, 15) is 4.79 Å². The number of aromatic nitrogens is 2. The van der Waals surface area contributed by atoms with Crippen LogP contribution in [0.25, 0.3) is 11.4 Å². The number of carbonyl (C=O) groups is 1. The third-order valence-electron chi connectivity index (χ3n) is 6.95. The number of halogens is 2. The number of piperidine rings is 1. The lowest BCUT2D eigenvalue weighted by atomic mass is 9.88. The molecule has 196 valence electrons. The number of hydrogen-bond donors (Lipinski definition) is 1. The van der Waals surface area contributed by atoms with Crippen molar-refractivity contribution >= 4 is 29.1 Å². The summed E-state index contributed by atoms with van der Waals surface area (Å²) >= 11 is 12.2. The van der Waals surface area contributed by atoms with Gasteiger partial charge < -0.3 is 19.3 Å². The van der Waals surface area contributed by atoms with Crippen LogP contribution in [0.3, 0.4) is 0 Å². The monoisotopic (exact) mass is 544 g/mol. The Morgan fingerprint density at radius 1 is 1.19 bits per heavy atom. The number of likely N-dealkylation sites (tertiary alicyclic amines) is 1. The second-order valence-corrected chi connectivity index (χ2v) is 11.1. The minimum absolute atomic E-state index is 0.0463. The van der Waals surface area contributed by atoms with Crippen molar-refractivity contribution in [2.45, 2.75) is 51.3 Å². The summed E-state index contributed by atoms with van der Waals surface area (Å²) in [5.41, 5.74) is 1.27. The number of rotatable bonds is 6. The first kappa shape index (κ1) is 25.8. The molecule has 1 N–H and O–H groups in total. The molecule has 5 rings (SSSR count). The maximum atomic E-state index is 13.2. The summed E-state index contributed by atoms with van der Waals surface area (Å²) in [7, 11) is 1.63. The van der Waals surface area contributed by atoms with Gasteiger partial charge in [-0.1, -0.05) is 28.4 Å². The molecule has 8 nitrogen and oxygen atoms in total. The van der Waals surface area contributed by atoms with Gasteiger partial charge in [0.1, 0.15) is 17.1 Å². The highest BCUT2D eigenvalue weighted by Crippen LogP contribution is 2.41. The number of methoxy groups -OCH3 is 1. The second-order valence-electron chi connectivity index (χ2n) is 10.2. The van der Waals surface area contributed by atoms with Gasteiger partial charge in [0, 0.05) is 34.6 Å². The molecule has 3 aromatic rings. The zero-order chi connectivity index (χ0) is 26.2. The zero-order valence-electron chi connectivity index (χ0n) is 21.1. The number of amides is 1. The predicted octanol–water partition coefficient (Wildman–Crippen LogP) is 5.68. The molecule has 2 aliphatic heterocycles. The second kappa shape index (κ2) is 10.5. The Morgan fingerprint density at radius 3 is 2.70 bits per heavy atom. The Kier molecular flexibility index (Phi) is 7.34. The molecule has 0 spiro atoms. The van der Waals surface area contributed by atoms with Gasteiger partial charge in [0.2, 0.25) is 17.6 Å². The van der Waals surface area contributed by atoms with Crippen LogP contribution >= 0.6 is 23.2 Å². The summed E-state index contributed by atoms with van der Waals surface area (Å²) in [6, 6.07) is 10.8. The average Bonchev–Trinajstić information content (AvgIpc) is 3.31.